The van der Waals surface area contributed by atoms with Gasteiger partial charge in [-0.25, -0.2) is 4.39 Å². The molecule has 0 fully saturated rings. The lowest BCUT2D eigenvalue weighted by atomic mass is 10.2. The number of halogens is 2. The average molecular weight is 246 g/mol. The molecule has 3 nitrogen and oxygen atoms in total. The first-order chi connectivity index (χ1) is 7.56. The quantitative estimate of drug-likeness (QED) is 0.745. The molecule has 0 bridgehead atoms. The van der Waals surface area contributed by atoms with Gasteiger partial charge in [-0.3, -0.25) is 4.79 Å². The summed E-state index contributed by atoms with van der Waals surface area (Å²) in [6.07, 6.45) is 0.496. The molecule has 0 saturated carbocycles. The van der Waals surface area contributed by atoms with Crippen molar-refractivity contribution in [2.75, 3.05) is 27.2 Å². The lowest BCUT2D eigenvalue weighted by molar-refractivity contribution is 0.111. The highest BCUT2D eigenvalue weighted by atomic mass is 35.5. The summed E-state index contributed by atoms with van der Waals surface area (Å²) in [5.74, 6) is -0.313. The molecule has 16 heavy (non-hydrogen) atoms. The van der Waals surface area contributed by atoms with E-state index in [1.807, 2.05) is 19.0 Å². The third-order valence-electron chi connectivity index (χ3n) is 2.01. The first-order valence-corrected chi connectivity index (χ1v) is 5.14. The molecule has 1 aromatic rings. The van der Waals surface area contributed by atoms with Crippen LogP contribution in [0.25, 0.3) is 0 Å². The molecule has 0 spiro atoms. The highest BCUT2D eigenvalue weighted by Crippen LogP contribution is 2.27. The van der Waals surface area contributed by atoms with E-state index in [1.165, 1.54) is 12.1 Å². The Labute approximate surface area is 98.8 Å². The van der Waals surface area contributed by atoms with E-state index in [-0.39, 0.29) is 10.6 Å². The number of nitrogens with zero attached hydrogens (tertiary/aromatic N) is 1. The molecule has 0 aromatic heterocycles. The van der Waals surface area contributed by atoms with Crippen molar-refractivity contribution in [3.63, 3.8) is 0 Å². The van der Waals surface area contributed by atoms with Gasteiger partial charge in [0.25, 0.3) is 0 Å². The van der Waals surface area contributed by atoms with E-state index < -0.39 is 5.82 Å². The zero-order valence-corrected chi connectivity index (χ0v) is 9.92. The van der Waals surface area contributed by atoms with E-state index in [1.54, 1.807) is 0 Å². The van der Waals surface area contributed by atoms with Gasteiger partial charge in [-0.05, 0) is 26.2 Å². The van der Waals surface area contributed by atoms with E-state index >= 15 is 0 Å². The zero-order valence-electron chi connectivity index (χ0n) is 9.17. The van der Waals surface area contributed by atoms with Gasteiger partial charge in [0, 0.05) is 6.54 Å². The minimum atomic E-state index is -0.622. The molecule has 88 valence electrons. The van der Waals surface area contributed by atoms with Crippen LogP contribution in [0.3, 0.4) is 0 Å². The van der Waals surface area contributed by atoms with Crippen LogP contribution < -0.4 is 4.74 Å². The molecule has 0 atom stereocenters. The highest BCUT2D eigenvalue weighted by molar-refractivity contribution is 6.33. The van der Waals surface area contributed by atoms with Gasteiger partial charge in [0.15, 0.2) is 6.29 Å². The molecule has 0 unspecified atom stereocenters. The maximum absolute atomic E-state index is 13.0. The summed E-state index contributed by atoms with van der Waals surface area (Å²) in [5, 5.41) is -0.197. The Morgan fingerprint density at radius 1 is 1.50 bits per heavy atom. The summed E-state index contributed by atoms with van der Waals surface area (Å²) >= 11 is 5.64. The molecule has 1 aromatic carbocycles. The normalized spacial score (nSPS) is 10.6. The molecule has 0 N–H and O–H groups in total. The summed E-state index contributed by atoms with van der Waals surface area (Å²) in [7, 11) is 3.81. The maximum Gasteiger partial charge on any atom is 0.155 e. The van der Waals surface area contributed by atoms with Gasteiger partial charge in [0.1, 0.15) is 18.2 Å². The Kier molecular flexibility index (Phi) is 4.71. The van der Waals surface area contributed by atoms with Crippen molar-refractivity contribution >= 4 is 17.9 Å². The van der Waals surface area contributed by atoms with E-state index in [0.29, 0.717) is 25.2 Å². The third-order valence-corrected chi connectivity index (χ3v) is 2.39. The number of carbonyl (C=O) groups is 1. The van der Waals surface area contributed by atoms with Crippen LogP contribution >= 0.6 is 11.6 Å². The maximum atomic E-state index is 13.0. The number of likely N-dealkylation sites (N-methyl/N-ethyl adjacent to an activating group) is 1. The van der Waals surface area contributed by atoms with E-state index in [4.69, 9.17) is 16.3 Å². The zero-order chi connectivity index (χ0) is 12.1. The van der Waals surface area contributed by atoms with Crippen LogP contribution in [0.1, 0.15) is 10.4 Å². The van der Waals surface area contributed by atoms with Gasteiger partial charge in [-0.15, -0.1) is 0 Å². The molecule has 1 rings (SSSR count). The Balaban J connectivity index is 2.80. The van der Waals surface area contributed by atoms with E-state index in [2.05, 4.69) is 0 Å². The second-order valence-electron chi connectivity index (χ2n) is 3.54. The average Bonchev–Trinajstić information content (AvgIpc) is 2.23. The predicted molar refractivity (Wildman–Crippen MR) is 60.8 cm³/mol. The summed E-state index contributed by atoms with van der Waals surface area (Å²) in [5.41, 5.74) is 0.0559. The third kappa shape index (κ3) is 3.18. The molecule has 0 aliphatic carbocycles. The summed E-state index contributed by atoms with van der Waals surface area (Å²) in [4.78, 5) is 12.7. The van der Waals surface area contributed by atoms with E-state index in [0.717, 1.165) is 0 Å². The van der Waals surface area contributed by atoms with Crippen molar-refractivity contribution < 1.29 is 13.9 Å². The van der Waals surface area contributed by atoms with E-state index in [9.17, 15) is 9.18 Å². The van der Waals surface area contributed by atoms with Crippen molar-refractivity contribution in [3.8, 4) is 5.75 Å². The number of hydrogen-bond donors (Lipinski definition) is 0. The number of carbonyl (C=O) groups excluding carboxylic acids is 1. The van der Waals surface area contributed by atoms with Gasteiger partial charge in [0.05, 0.1) is 10.6 Å². The first kappa shape index (κ1) is 12.9. The topological polar surface area (TPSA) is 29.5 Å². The first-order valence-electron chi connectivity index (χ1n) is 4.77. The van der Waals surface area contributed by atoms with Crippen LogP contribution in [0.15, 0.2) is 12.1 Å². The Morgan fingerprint density at radius 3 is 2.75 bits per heavy atom. The second-order valence-corrected chi connectivity index (χ2v) is 3.92. The summed E-state index contributed by atoms with van der Waals surface area (Å²) in [6, 6.07) is 2.58. The van der Waals surface area contributed by atoms with Crippen LogP contribution in [0.4, 0.5) is 4.39 Å². The van der Waals surface area contributed by atoms with Crippen molar-refractivity contribution in [3.05, 3.63) is 28.5 Å². The molecule has 0 aliphatic rings. The Morgan fingerprint density at radius 2 is 2.19 bits per heavy atom. The second kappa shape index (κ2) is 5.82. The molecule has 0 aliphatic heterocycles. The van der Waals surface area contributed by atoms with Crippen molar-refractivity contribution in [2.45, 2.75) is 0 Å². The SMILES string of the molecule is CN(C)CCOc1ccc(F)c(Cl)c1C=O. The lowest BCUT2D eigenvalue weighted by Crippen LogP contribution is -2.19. The Hall–Kier alpha value is -1.13. The van der Waals surface area contributed by atoms with Crippen molar-refractivity contribution in [1.29, 1.82) is 0 Å². The predicted octanol–water partition coefficient (Wildman–Crippen LogP) is 2.23. The van der Waals surface area contributed by atoms with Crippen LogP contribution in [0.5, 0.6) is 5.75 Å². The number of hydrogen-bond acceptors (Lipinski definition) is 3. The van der Waals surface area contributed by atoms with Gasteiger partial charge >= 0.3 is 0 Å². The van der Waals surface area contributed by atoms with Gasteiger partial charge in [0.2, 0.25) is 0 Å². The minimum Gasteiger partial charge on any atom is -0.491 e. The molecule has 0 saturated heterocycles. The van der Waals surface area contributed by atoms with Crippen LogP contribution in [-0.4, -0.2) is 38.4 Å². The molecule has 5 heteroatoms. The number of benzene rings is 1. The fraction of sp³-hybridized carbons (Fsp3) is 0.364. The smallest absolute Gasteiger partial charge is 0.155 e. The Bertz CT molecular complexity index is 382. The van der Waals surface area contributed by atoms with Gasteiger partial charge in [-0.1, -0.05) is 11.6 Å². The molecule has 0 amide bonds. The monoisotopic (exact) mass is 245 g/mol. The summed E-state index contributed by atoms with van der Waals surface area (Å²) in [6.45, 7) is 1.11. The summed E-state index contributed by atoms with van der Waals surface area (Å²) < 4.78 is 18.4. The number of rotatable bonds is 5. The fourth-order valence-corrected chi connectivity index (χ4v) is 1.32. The molecular weight excluding hydrogens is 233 g/mol. The van der Waals surface area contributed by atoms with Crippen LogP contribution in [0.2, 0.25) is 5.02 Å². The fourth-order valence-electron chi connectivity index (χ4n) is 1.12. The molecule has 0 radical (unpaired) electrons. The van der Waals surface area contributed by atoms with Gasteiger partial charge < -0.3 is 9.64 Å². The van der Waals surface area contributed by atoms with Crippen molar-refractivity contribution in [1.82, 2.24) is 4.90 Å². The van der Waals surface area contributed by atoms with Crippen LogP contribution in [0, 0.1) is 5.82 Å². The highest BCUT2D eigenvalue weighted by Gasteiger charge is 2.12. The number of ether oxygens (including phenoxy) is 1. The minimum absolute atomic E-state index is 0.0559. The number of aldehydes is 1. The standard InChI is InChI=1S/C11H13ClFNO2/c1-14(2)5-6-16-10-4-3-9(13)11(12)8(10)7-15/h3-4,7H,5-6H2,1-2H3. The van der Waals surface area contributed by atoms with Crippen LogP contribution in [-0.2, 0) is 0 Å². The molecule has 0 heterocycles. The van der Waals surface area contributed by atoms with Gasteiger partial charge in [-0.2, -0.15) is 0 Å². The largest absolute Gasteiger partial charge is 0.491 e. The molecular formula is C11H13ClFNO2. The lowest BCUT2D eigenvalue weighted by Gasteiger charge is -2.12. The van der Waals surface area contributed by atoms with Crippen molar-refractivity contribution in [2.24, 2.45) is 0 Å².